The van der Waals surface area contributed by atoms with Gasteiger partial charge in [0.2, 0.25) is 5.95 Å². The smallest absolute Gasteiger partial charge is 0.356 e. The van der Waals surface area contributed by atoms with Crippen LogP contribution < -0.4 is 10.0 Å². The summed E-state index contributed by atoms with van der Waals surface area (Å²) in [5.74, 6) is -1.17. The molecule has 1 aromatic carbocycles. The number of esters is 1. The lowest BCUT2D eigenvalue weighted by Crippen LogP contribution is -2.16. The molecule has 0 fully saturated rings. The first-order valence-electron chi connectivity index (χ1n) is 9.56. The van der Waals surface area contributed by atoms with Gasteiger partial charge < -0.3 is 10.1 Å². The van der Waals surface area contributed by atoms with Crippen LogP contribution in [0.2, 0.25) is 0 Å². The number of hydrogen-bond acceptors (Lipinski definition) is 8. The maximum absolute atomic E-state index is 12.6. The highest BCUT2D eigenvalue weighted by Crippen LogP contribution is 2.18. The number of aryl methyl sites for hydroxylation is 3. The molecule has 0 aliphatic carbocycles. The van der Waals surface area contributed by atoms with Crippen molar-refractivity contribution in [1.82, 2.24) is 19.7 Å². The third-order valence-corrected chi connectivity index (χ3v) is 5.57. The molecule has 0 atom stereocenters. The van der Waals surface area contributed by atoms with Gasteiger partial charge in [0.1, 0.15) is 5.69 Å². The first-order chi connectivity index (χ1) is 15.1. The van der Waals surface area contributed by atoms with E-state index in [2.05, 4.69) is 25.1 Å². The number of nitrogens with one attached hydrogen (secondary N) is 2. The summed E-state index contributed by atoms with van der Waals surface area (Å²) in [6.07, 6.45) is 0. The van der Waals surface area contributed by atoms with Crippen molar-refractivity contribution < 1.29 is 22.7 Å². The lowest BCUT2D eigenvalue weighted by molar-refractivity contribution is 0.0513. The van der Waals surface area contributed by atoms with E-state index in [0.29, 0.717) is 17.1 Å². The van der Waals surface area contributed by atoms with Gasteiger partial charge in [0, 0.05) is 30.2 Å². The second-order valence-electron chi connectivity index (χ2n) is 6.82. The van der Waals surface area contributed by atoms with Gasteiger partial charge in [-0.25, -0.2) is 27.9 Å². The Morgan fingerprint density at radius 1 is 1.06 bits per heavy atom. The van der Waals surface area contributed by atoms with Gasteiger partial charge in [-0.3, -0.25) is 9.48 Å². The average molecular weight is 459 g/mol. The van der Waals surface area contributed by atoms with E-state index in [-0.39, 0.29) is 28.8 Å². The van der Waals surface area contributed by atoms with Gasteiger partial charge in [0.15, 0.2) is 5.69 Å². The summed E-state index contributed by atoms with van der Waals surface area (Å²) in [4.78, 5) is 32.4. The van der Waals surface area contributed by atoms with Gasteiger partial charge in [-0.15, -0.1) is 0 Å². The van der Waals surface area contributed by atoms with E-state index in [0.717, 1.165) is 0 Å². The predicted octanol–water partition coefficient (Wildman–Crippen LogP) is 2.06. The number of hydrogen-bond donors (Lipinski definition) is 2. The number of sulfonamides is 1. The molecule has 0 unspecified atom stereocenters. The van der Waals surface area contributed by atoms with Crippen molar-refractivity contribution >= 4 is 33.5 Å². The van der Waals surface area contributed by atoms with Crippen LogP contribution >= 0.6 is 0 Å². The van der Waals surface area contributed by atoms with Crippen LogP contribution in [0.5, 0.6) is 0 Å². The number of benzene rings is 1. The van der Waals surface area contributed by atoms with Gasteiger partial charge >= 0.3 is 5.97 Å². The van der Waals surface area contributed by atoms with Crippen molar-refractivity contribution in [2.24, 2.45) is 7.05 Å². The lowest BCUT2D eigenvalue weighted by atomic mass is 10.3. The predicted molar refractivity (Wildman–Crippen MR) is 116 cm³/mol. The number of anilines is 2. The topological polar surface area (TPSA) is 145 Å². The van der Waals surface area contributed by atoms with Gasteiger partial charge in [-0.1, -0.05) is 0 Å². The minimum absolute atomic E-state index is 0.0147. The van der Waals surface area contributed by atoms with E-state index < -0.39 is 21.9 Å². The Hall–Kier alpha value is -3.80. The highest BCUT2D eigenvalue weighted by molar-refractivity contribution is 7.92. The highest BCUT2D eigenvalue weighted by atomic mass is 32.2. The molecule has 0 bridgehead atoms. The summed E-state index contributed by atoms with van der Waals surface area (Å²) in [5, 5.41) is 6.62. The fourth-order valence-corrected chi connectivity index (χ4v) is 3.78. The third kappa shape index (κ3) is 5.27. The van der Waals surface area contributed by atoms with Crippen LogP contribution in [0.1, 0.15) is 39.3 Å². The zero-order valence-corrected chi connectivity index (χ0v) is 18.7. The standard InChI is InChI=1S/C20H22N6O5S/c1-5-31-19(28)17-11-16(24-26(17)4)18(27)23-14-6-8-15(9-7-14)32(29,30)25-20-21-12(2)10-13(3)22-20/h6-11H,5H2,1-4H3,(H,23,27)(H,21,22,25). The van der Waals surface area contributed by atoms with E-state index in [1.165, 1.54) is 42.1 Å². The molecule has 11 nitrogen and oxygen atoms in total. The monoisotopic (exact) mass is 458 g/mol. The Labute approximate surface area is 184 Å². The van der Waals surface area contributed by atoms with Crippen molar-refractivity contribution in [3.63, 3.8) is 0 Å². The number of carbonyl (C=O) groups is 2. The molecule has 0 spiro atoms. The molecular weight excluding hydrogens is 436 g/mol. The van der Waals surface area contributed by atoms with Crippen LogP contribution in [0.4, 0.5) is 11.6 Å². The minimum Gasteiger partial charge on any atom is -0.461 e. The summed E-state index contributed by atoms with van der Waals surface area (Å²) < 4.78 is 33.7. The molecule has 0 saturated carbocycles. The van der Waals surface area contributed by atoms with Crippen molar-refractivity contribution in [1.29, 1.82) is 0 Å². The summed E-state index contributed by atoms with van der Waals surface area (Å²) in [7, 11) is -2.39. The molecule has 168 valence electrons. The fraction of sp³-hybridized carbons (Fsp3) is 0.250. The molecule has 1 amide bonds. The van der Waals surface area contributed by atoms with E-state index in [4.69, 9.17) is 4.74 Å². The zero-order chi connectivity index (χ0) is 23.5. The SMILES string of the molecule is CCOC(=O)c1cc(C(=O)Nc2ccc(S(=O)(=O)Nc3nc(C)cc(C)n3)cc2)nn1C. The number of ether oxygens (including phenoxy) is 1. The number of carbonyl (C=O) groups excluding carboxylic acids is 2. The van der Waals surface area contributed by atoms with Crippen molar-refractivity contribution in [2.45, 2.75) is 25.7 Å². The van der Waals surface area contributed by atoms with Crippen LogP contribution in [0, 0.1) is 13.8 Å². The summed E-state index contributed by atoms with van der Waals surface area (Å²) >= 11 is 0. The first-order valence-corrected chi connectivity index (χ1v) is 11.0. The zero-order valence-electron chi connectivity index (χ0n) is 17.9. The second kappa shape index (κ2) is 9.14. The number of nitrogens with zero attached hydrogens (tertiary/aromatic N) is 4. The molecule has 3 aromatic rings. The maximum Gasteiger partial charge on any atom is 0.356 e. The largest absolute Gasteiger partial charge is 0.461 e. The van der Waals surface area contributed by atoms with Gasteiger partial charge in [-0.05, 0) is 51.1 Å². The maximum atomic E-state index is 12.6. The molecule has 3 rings (SSSR count). The number of amides is 1. The summed E-state index contributed by atoms with van der Waals surface area (Å²) in [6.45, 7) is 5.35. The molecule has 0 aliphatic rings. The highest BCUT2D eigenvalue weighted by Gasteiger charge is 2.20. The van der Waals surface area contributed by atoms with E-state index >= 15 is 0 Å². The normalized spacial score (nSPS) is 11.1. The number of aromatic nitrogens is 4. The molecular formula is C20H22N6O5S. The van der Waals surface area contributed by atoms with Crippen LogP contribution in [0.3, 0.4) is 0 Å². The molecule has 32 heavy (non-hydrogen) atoms. The Morgan fingerprint density at radius 3 is 2.28 bits per heavy atom. The first kappa shape index (κ1) is 22.9. The Kier molecular flexibility index (Phi) is 6.53. The Morgan fingerprint density at radius 2 is 1.69 bits per heavy atom. The van der Waals surface area contributed by atoms with Crippen molar-refractivity contribution in [3.8, 4) is 0 Å². The summed E-state index contributed by atoms with van der Waals surface area (Å²) in [6, 6.07) is 8.59. The van der Waals surface area contributed by atoms with Crippen molar-refractivity contribution in [2.75, 3.05) is 16.6 Å². The van der Waals surface area contributed by atoms with Crippen LogP contribution in [-0.2, 0) is 21.8 Å². The molecule has 0 radical (unpaired) electrons. The van der Waals surface area contributed by atoms with Crippen molar-refractivity contribution in [3.05, 3.63) is 59.2 Å². The lowest BCUT2D eigenvalue weighted by Gasteiger charge is -2.09. The average Bonchev–Trinajstić information content (AvgIpc) is 3.09. The van der Waals surface area contributed by atoms with Crippen LogP contribution in [-0.4, -0.2) is 46.6 Å². The molecule has 0 aliphatic heterocycles. The second-order valence-corrected chi connectivity index (χ2v) is 8.50. The molecule has 12 heteroatoms. The van der Waals surface area contributed by atoms with Gasteiger partial charge in [-0.2, -0.15) is 5.10 Å². The fourth-order valence-electron chi connectivity index (χ4n) is 2.84. The van der Waals surface area contributed by atoms with E-state index in [9.17, 15) is 18.0 Å². The third-order valence-electron chi connectivity index (χ3n) is 4.23. The quantitative estimate of drug-likeness (QED) is 0.512. The molecule has 2 heterocycles. The summed E-state index contributed by atoms with van der Waals surface area (Å²) in [5.41, 5.74) is 1.77. The minimum atomic E-state index is -3.92. The molecule has 2 aromatic heterocycles. The Balaban J connectivity index is 1.72. The Bertz CT molecular complexity index is 1250. The van der Waals surface area contributed by atoms with E-state index in [1.807, 2.05) is 0 Å². The van der Waals surface area contributed by atoms with Crippen LogP contribution in [0.25, 0.3) is 0 Å². The van der Waals surface area contributed by atoms with Crippen LogP contribution in [0.15, 0.2) is 41.3 Å². The van der Waals surface area contributed by atoms with Gasteiger partial charge in [0.25, 0.3) is 15.9 Å². The molecule has 0 saturated heterocycles. The number of rotatable bonds is 7. The van der Waals surface area contributed by atoms with Gasteiger partial charge in [0.05, 0.1) is 11.5 Å². The van der Waals surface area contributed by atoms with E-state index in [1.54, 1.807) is 26.8 Å². The molecule has 2 N–H and O–H groups in total.